The normalized spacial score (nSPS) is 15.1. The molecule has 1 saturated heterocycles. The van der Waals surface area contributed by atoms with E-state index in [0.717, 1.165) is 27.1 Å². The molecule has 0 atom stereocenters. The molecule has 4 aromatic rings. The van der Waals surface area contributed by atoms with Crippen LogP contribution in [-0.2, 0) is 22.7 Å². The van der Waals surface area contributed by atoms with E-state index in [2.05, 4.69) is 11.4 Å². The summed E-state index contributed by atoms with van der Waals surface area (Å²) in [7, 11) is 0. The Bertz CT molecular complexity index is 1500. The summed E-state index contributed by atoms with van der Waals surface area (Å²) in [5.41, 5.74) is 3.78. The summed E-state index contributed by atoms with van der Waals surface area (Å²) in [5, 5.41) is 3.13. The summed E-state index contributed by atoms with van der Waals surface area (Å²) in [4.78, 5) is 39.0. The highest BCUT2D eigenvalue weighted by Crippen LogP contribution is 2.26. The van der Waals surface area contributed by atoms with E-state index in [1.807, 2.05) is 61.0 Å². The average Bonchev–Trinajstić information content (AvgIpc) is 3.49. The first-order valence-electron chi connectivity index (χ1n) is 11.6. The van der Waals surface area contributed by atoms with Gasteiger partial charge in [-0.3, -0.25) is 19.8 Å². The zero-order chi connectivity index (χ0) is 25.2. The minimum atomic E-state index is -0.774. The highest BCUT2D eigenvalue weighted by atomic mass is 16.5. The number of hydrogen-bond donors (Lipinski definition) is 1. The van der Waals surface area contributed by atoms with Crippen LogP contribution in [0.2, 0.25) is 0 Å². The summed E-state index contributed by atoms with van der Waals surface area (Å²) < 4.78 is 13.3. The number of rotatable bonds is 7. The molecule has 8 heteroatoms. The first-order valence-corrected chi connectivity index (χ1v) is 11.6. The van der Waals surface area contributed by atoms with Crippen molar-refractivity contribution >= 4 is 34.8 Å². The number of aryl methyl sites for hydroxylation is 2. The highest BCUT2D eigenvalue weighted by molar-refractivity contribution is 6.31. The Morgan fingerprint density at radius 3 is 2.64 bits per heavy atom. The van der Waals surface area contributed by atoms with Crippen molar-refractivity contribution < 1.29 is 23.5 Å². The van der Waals surface area contributed by atoms with Crippen LogP contribution >= 0.6 is 0 Å². The number of imide groups is 2. The summed E-state index contributed by atoms with van der Waals surface area (Å²) in [6.07, 6.45) is 4.88. The molecular formula is C28H25N3O5. The van der Waals surface area contributed by atoms with Crippen molar-refractivity contribution in [2.75, 3.05) is 6.61 Å². The van der Waals surface area contributed by atoms with Gasteiger partial charge in [0.1, 0.15) is 23.7 Å². The van der Waals surface area contributed by atoms with Gasteiger partial charge in [-0.2, -0.15) is 0 Å². The molecule has 1 aliphatic rings. The smallest absolute Gasteiger partial charge is 0.331 e. The van der Waals surface area contributed by atoms with Gasteiger partial charge in [0.25, 0.3) is 11.8 Å². The number of furan rings is 1. The number of benzene rings is 2. The molecule has 3 heterocycles. The van der Waals surface area contributed by atoms with Crippen LogP contribution in [-0.4, -0.2) is 33.9 Å². The maximum Gasteiger partial charge on any atom is 0.331 e. The Morgan fingerprint density at radius 1 is 1.03 bits per heavy atom. The quantitative estimate of drug-likeness (QED) is 0.307. The predicted molar refractivity (Wildman–Crippen MR) is 134 cm³/mol. The van der Waals surface area contributed by atoms with E-state index >= 15 is 0 Å². The van der Waals surface area contributed by atoms with Crippen LogP contribution < -0.4 is 10.1 Å². The van der Waals surface area contributed by atoms with Crippen molar-refractivity contribution in [3.05, 3.63) is 95.1 Å². The number of nitrogens with one attached hydrogen (secondary N) is 1. The largest absolute Gasteiger partial charge is 0.491 e. The van der Waals surface area contributed by atoms with Crippen LogP contribution in [0.4, 0.5) is 4.79 Å². The average molecular weight is 484 g/mol. The number of ether oxygens (including phenoxy) is 1. The Morgan fingerprint density at radius 2 is 1.86 bits per heavy atom. The molecule has 0 bridgehead atoms. The van der Waals surface area contributed by atoms with Gasteiger partial charge >= 0.3 is 6.03 Å². The lowest BCUT2D eigenvalue weighted by Gasteiger charge is -2.25. The fourth-order valence-corrected chi connectivity index (χ4v) is 4.34. The Labute approximate surface area is 207 Å². The number of aromatic nitrogens is 1. The molecule has 0 saturated carbocycles. The highest BCUT2D eigenvalue weighted by Gasteiger charge is 2.36. The third-order valence-electron chi connectivity index (χ3n) is 6.12. The van der Waals surface area contributed by atoms with Gasteiger partial charge in [-0.25, -0.2) is 4.79 Å². The Hall–Kier alpha value is -4.59. The molecule has 0 spiro atoms. The van der Waals surface area contributed by atoms with Crippen molar-refractivity contribution in [2.45, 2.75) is 26.9 Å². The van der Waals surface area contributed by atoms with Gasteiger partial charge in [-0.15, -0.1) is 0 Å². The fourth-order valence-electron chi connectivity index (χ4n) is 4.34. The first kappa shape index (κ1) is 23.2. The van der Waals surface area contributed by atoms with Gasteiger partial charge in [0.15, 0.2) is 0 Å². The molecule has 4 amide bonds. The topological polar surface area (TPSA) is 93.8 Å². The van der Waals surface area contributed by atoms with Crippen LogP contribution in [0.5, 0.6) is 5.75 Å². The number of fused-ring (bicyclic) bond motifs is 1. The molecule has 5 rings (SSSR count). The van der Waals surface area contributed by atoms with E-state index in [0.29, 0.717) is 24.5 Å². The molecule has 0 aliphatic carbocycles. The first-order chi connectivity index (χ1) is 17.4. The monoisotopic (exact) mass is 483 g/mol. The van der Waals surface area contributed by atoms with Crippen molar-refractivity contribution in [3.8, 4) is 5.75 Å². The van der Waals surface area contributed by atoms with E-state index in [1.165, 1.54) is 17.9 Å². The second-order valence-corrected chi connectivity index (χ2v) is 8.70. The second-order valence-electron chi connectivity index (χ2n) is 8.70. The number of amides is 4. The van der Waals surface area contributed by atoms with Crippen LogP contribution in [0.25, 0.3) is 17.0 Å². The maximum atomic E-state index is 13.1. The number of carbonyl (C=O) groups is 3. The lowest BCUT2D eigenvalue weighted by Crippen LogP contribution is -2.53. The van der Waals surface area contributed by atoms with Crippen LogP contribution in [0.15, 0.2) is 77.0 Å². The standard InChI is InChI=1S/C28H25N3O5/c1-18-9-10-25(19(2)14-18)36-13-11-30-16-20(22-7-3-4-8-24(22)30)15-23-26(32)29-28(34)31(27(23)33)17-21-6-5-12-35-21/h3-10,12,14-16H,11,13,17H2,1-2H3,(H,29,32,34)/b23-15-. The van der Waals surface area contributed by atoms with Gasteiger partial charge in [-0.1, -0.05) is 35.9 Å². The van der Waals surface area contributed by atoms with Crippen LogP contribution in [0.1, 0.15) is 22.5 Å². The van der Waals surface area contributed by atoms with Crippen LogP contribution in [0, 0.1) is 13.8 Å². The Kier molecular flexibility index (Phi) is 6.16. The number of nitrogens with zero attached hydrogens (tertiary/aromatic N) is 2. The van der Waals surface area contributed by atoms with Gasteiger partial charge in [0, 0.05) is 22.7 Å². The zero-order valence-electron chi connectivity index (χ0n) is 20.0. The molecule has 2 aromatic heterocycles. The molecule has 1 N–H and O–H groups in total. The second kappa shape index (κ2) is 9.58. The Balaban J connectivity index is 1.41. The van der Waals surface area contributed by atoms with Crippen molar-refractivity contribution in [1.82, 2.24) is 14.8 Å². The molecule has 8 nitrogen and oxygen atoms in total. The van der Waals surface area contributed by atoms with Crippen molar-refractivity contribution in [2.24, 2.45) is 0 Å². The van der Waals surface area contributed by atoms with E-state index in [-0.39, 0.29) is 12.1 Å². The van der Waals surface area contributed by atoms with Gasteiger partial charge < -0.3 is 13.7 Å². The molecule has 1 aliphatic heterocycles. The summed E-state index contributed by atoms with van der Waals surface area (Å²) in [6.45, 7) is 5.01. The summed E-state index contributed by atoms with van der Waals surface area (Å²) >= 11 is 0. The molecule has 2 aromatic carbocycles. The number of urea groups is 1. The van der Waals surface area contributed by atoms with Crippen LogP contribution in [0.3, 0.4) is 0 Å². The predicted octanol–water partition coefficient (Wildman–Crippen LogP) is 4.59. The zero-order valence-corrected chi connectivity index (χ0v) is 20.0. The molecular weight excluding hydrogens is 458 g/mol. The van der Waals surface area contributed by atoms with Gasteiger partial charge in [-0.05, 0) is 49.8 Å². The SMILES string of the molecule is Cc1ccc(OCCn2cc(/C=C3/C(=O)NC(=O)N(Cc4ccco4)C3=O)c3ccccc32)c(C)c1. The number of carbonyl (C=O) groups excluding carboxylic acids is 3. The van der Waals surface area contributed by atoms with Gasteiger partial charge in [0.05, 0.1) is 19.4 Å². The summed E-state index contributed by atoms with van der Waals surface area (Å²) in [5.74, 6) is -0.122. The van der Waals surface area contributed by atoms with Crippen molar-refractivity contribution in [1.29, 1.82) is 0 Å². The minimum absolute atomic E-state index is 0.0696. The lowest BCUT2D eigenvalue weighted by molar-refractivity contribution is -0.130. The molecule has 0 radical (unpaired) electrons. The maximum absolute atomic E-state index is 13.1. The molecule has 36 heavy (non-hydrogen) atoms. The third kappa shape index (κ3) is 4.53. The third-order valence-corrected chi connectivity index (χ3v) is 6.12. The van der Waals surface area contributed by atoms with E-state index in [9.17, 15) is 14.4 Å². The van der Waals surface area contributed by atoms with E-state index in [1.54, 1.807) is 12.1 Å². The number of barbiturate groups is 1. The minimum Gasteiger partial charge on any atom is -0.491 e. The van der Waals surface area contributed by atoms with Gasteiger partial charge in [0.2, 0.25) is 0 Å². The lowest BCUT2D eigenvalue weighted by atomic mass is 10.1. The molecule has 182 valence electrons. The van der Waals surface area contributed by atoms with Crippen molar-refractivity contribution in [3.63, 3.8) is 0 Å². The molecule has 0 unspecified atom stereocenters. The van der Waals surface area contributed by atoms with E-state index in [4.69, 9.17) is 9.15 Å². The van der Waals surface area contributed by atoms with E-state index < -0.39 is 17.8 Å². The number of hydrogen-bond acceptors (Lipinski definition) is 5. The fraction of sp³-hybridized carbons (Fsp3) is 0.179. The number of para-hydroxylation sites is 1. The summed E-state index contributed by atoms with van der Waals surface area (Å²) in [6, 6.07) is 16.4. The molecule has 1 fully saturated rings.